The first-order valence-electron chi connectivity index (χ1n) is 5.57. The Bertz CT molecular complexity index is 427. The van der Waals surface area contributed by atoms with Gasteiger partial charge in [0.2, 0.25) is 0 Å². The quantitative estimate of drug-likeness (QED) is 0.638. The number of aryl methyl sites for hydroxylation is 2. The van der Waals surface area contributed by atoms with Gasteiger partial charge in [0, 0.05) is 5.56 Å². The van der Waals surface area contributed by atoms with Gasteiger partial charge in [-0.05, 0) is 54.9 Å². The van der Waals surface area contributed by atoms with E-state index in [0.29, 0.717) is 0 Å². The smallest absolute Gasteiger partial charge is 0.160 e. The minimum atomic E-state index is 0.181. The average Bonchev–Trinajstić information content (AvgIpc) is 2.41. The summed E-state index contributed by atoms with van der Waals surface area (Å²) in [6, 6.07) is 4.31. The molecule has 0 atom stereocenters. The highest BCUT2D eigenvalue weighted by Gasteiger charge is 2.30. The third-order valence-corrected chi connectivity index (χ3v) is 3.58. The molecule has 2 rings (SSSR count). The summed E-state index contributed by atoms with van der Waals surface area (Å²) < 4.78 is 0. The van der Waals surface area contributed by atoms with Gasteiger partial charge in [-0.1, -0.05) is 19.9 Å². The summed E-state index contributed by atoms with van der Waals surface area (Å²) in [5, 5.41) is 0. The van der Waals surface area contributed by atoms with Crippen molar-refractivity contribution >= 4 is 5.78 Å². The fourth-order valence-corrected chi connectivity index (χ4v) is 2.55. The van der Waals surface area contributed by atoms with Gasteiger partial charge in [0.15, 0.2) is 5.78 Å². The molecule has 1 aliphatic rings. The Labute approximate surface area is 91.5 Å². The lowest BCUT2D eigenvalue weighted by Gasteiger charge is -2.19. The molecular weight excluding hydrogens is 184 g/mol. The highest BCUT2D eigenvalue weighted by molar-refractivity contribution is 5.95. The van der Waals surface area contributed by atoms with E-state index in [-0.39, 0.29) is 11.2 Å². The summed E-state index contributed by atoms with van der Waals surface area (Å²) in [6.45, 7) is 8.25. The molecule has 0 aliphatic heterocycles. The van der Waals surface area contributed by atoms with Crippen molar-refractivity contribution < 1.29 is 4.79 Å². The third kappa shape index (κ3) is 1.60. The predicted molar refractivity (Wildman–Crippen MR) is 62.5 cm³/mol. The van der Waals surface area contributed by atoms with Crippen LogP contribution in [-0.4, -0.2) is 5.78 Å². The van der Waals surface area contributed by atoms with Gasteiger partial charge >= 0.3 is 0 Å². The molecule has 1 heteroatoms. The molecule has 80 valence electrons. The van der Waals surface area contributed by atoms with Crippen LogP contribution < -0.4 is 0 Å². The predicted octanol–water partition coefficient (Wildman–Crippen LogP) is 3.42. The van der Waals surface area contributed by atoms with Crippen LogP contribution in [0.4, 0.5) is 0 Å². The van der Waals surface area contributed by atoms with Gasteiger partial charge in [0.25, 0.3) is 0 Å². The molecule has 0 bridgehead atoms. The van der Waals surface area contributed by atoms with Crippen molar-refractivity contribution in [2.24, 2.45) is 0 Å². The van der Waals surface area contributed by atoms with Crippen LogP contribution in [0.5, 0.6) is 0 Å². The molecule has 0 heterocycles. The van der Waals surface area contributed by atoms with Crippen LogP contribution in [-0.2, 0) is 11.8 Å². The zero-order valence-electron chi connectivity index (χ0n) is 9.98. The van der Waals surface area contributed by atoms with E-state index in [2.05, 4.69) is 26.0 Å². The van der Waals surface area contributed by atoms with Crippen molar-refractivity contribution in [1.29, 1.82) is 0 Å². The fourth-order valence-electron chi connectivity index (χ4n) is 2.55. The van der Waals surface area contributed by atoms with Crippen LogP contribution in [0.15, 0.2) is 12.1 Å². The first kappa shape index (κ1) is 10.4. The van der Waals surface area contributed by atoms with Gasteiger partial charge in [-0.15, -0.1) is 0 Å². The molecule has 1 aromatic carbocycles. The van der Waals surface area contributed by atoms with Crippen LogP contribution in [0, 0.1) is 6.92 Å². The Morgan fingerprint density at radius 1 is 1.33 bits per heavy atom. The first-order chi connectivity index (χ1) is 6.92. The van der Waals surface area contributed by atoms with Gasteiger partial charge in [-0.2, -0.15) is 0 Å². The normalized spacial score (nSPS) is 17.6. The van der Waals surface area contributed by atoms with E-state index < -0.39 is 0 Å². The van der Waals surface area contributed by atoms with Gasteiger partial charge in [-0.25, -0.2) is 0 Å². The van der Waals surface area contributed by atoms with Crippen molar-refractivity contribution in [3.05, 3.63) is 34.4 Å². The average molecular weight is 202 g/mol. The molecule has 0 fully saturated rings. The minimum absolute atomic E-state index is 0.181. The molecule has 0 radical (unpaired) electrons. The largest absolute Gasteiger partial charge is 0.295 e. The van der Waals surface area contributed by atoms with Gasteiger partial charge < -0.3 is 0 Å². The van der Waals surface area contributed by atoms with Gasteiger partial charge in [0.05, 0.1) is 0 Å². The van der Waals surface area contributed by atoms with Crippen LogP contribution in [0.2, 0.25) is 0 Å². The molecule has 1 nitrogen and oxygen atoms in total. The molecule has 0 N–H and O–H groups in total. The Morgan fingerprint density at radius 3 is 2.60 bits per heavy atom. The van der Waals surface area contributed by atoms with Crippen LogP contribution in [0.1, 0.15) is 54.2 Å². The summed E-state index contributed by atoms with van der Waals surface area (Å²) in [4.78, 5) is 11.4. The first-order valence-corrected chi connectivity index (χ1v) is 5.57. The number of Topliss-reactive ketones (excluding diaryl/α,β-unsaturated/α-hetero) is 1. The van der Waals surface area contributed by atoms with Crippen molar-refractivity contribution in [3.8, 4) is 0 Å². The minimum Gasteiger partial charge on any atom is -0.295 e. The Balaban J connectivity index is 2.60. The zero-order chi connectivity index (χ0) is 11.2. The second-order valence-electron chi connectivity index (χ2n) is 5.26. The standard InChI is InChI=1S/C14H18O/c1-9-7-13-11(5-6-14(13,3)4)8-12(9)10(2)15/h7-8H,5-6H2,1-4H3. The number of benzene rings is 1. The molecule has 0 unspecified atom stereocenters. The summed E-state index contributed by atoms with van der Waals surface area (Å²) in [5.41, 5.74) is 5.11. The maximum absolute atomic E-state index is 11.4. The molecule has 0 aromatic heterocycles. The molecule has 0 saturated carbocycles. The molecular formula is C14H18O. The lowest BCUT2D eigenvalue weighted by atomic mass is 9.85. The summed E-state index contributed by atoms with van der Waals surface area (Å²) in [6.07, 6.45) is 2.31. The summed E-state index contributed by atoms with van der Waals surface area (Å²) in [5.74, 6) is 0.181. The molecule has 1 aromatic rings. The summed E-state index contributed by atoms with van der Waals surface area (Å²) in [7, 11) is 0. The van der Waals surface area contributed by atoms with E-state index in [1.54, 1.807) is 6.92 Å². The Morgan fingerprint density at radius 2 is 2.00 bits per heavy atom. The van der Waals surface area contributed by atoms with Crippen LogP contribution in [0.3, 0.4) is 0 Å². The number of hydrogen-bond donors (Lipinski definition) is 0. The molecule has 0 spiro atoms. The molecule has 1 aliphatic carbocycles. The fraction of sp³-hybridized carbons (Fsp3) is 0.500. The van der Waals surface area contributed by atoms with Crippen LogP contribution >= 0.6 is 0 Å². The molecule has 0 saturated heterocycles. The van der Waals surface area contributed by atoms with Crippen molar-refractivity contribution in [3.63, 3.8) is 0 Å². The maximum atomic E-state index is 11.4. The second-order valence-corrected chi connectivity index (χ2v) is 5.26. The topological polar surface area (TPSA) is 17.1 Å². The van der Waals surface area contributed by atoms with E-state index in [9.17, 15) is 4.79 Å². The monoisotopic (exact) mass is 202 g/mol. The number of fused-ring (bicyclic) bond motifs is 1. The highest BCUT2D eigenvalue weighted by atomic mass is 16.1. The molecule has 0 amide bonds. The number of rotatable bonds is 1. The maximum Gasteiger partial charge on any atom is 0.160 e. The van der Waals surface area contributed by atoms with E-state index >= 15 is 0 Å². The Kier molecular flexibility index (Phi) is 2.22. The lowest BCUT2D eigenvalue weighted by Crippen LogP contribution is -2.12. The van der Waals surface area contributed by atoms with Crippen molar-refractivity contribution in [2.75, 3.05) is 0 Å². The number of hydrogen-bond acceptors (Lipinski definition) is 1. The van der Waals surface area contributed by atoms with E-state index in [4.69, 9.17) is 0 Å². The van der Waals surface area contributed by atoms with Gasteiger partial charge in [-0.3, -0.25) is 4.79 Å². The van der Waals surface area contributed by atoms with E-state index in [0.717, 1.165) is 17.5 Å². The summed E-state index contributed by atoms with van der Waals surface area (Å²) >= 11 is 0. The molecule has 15 heavy (non-hydrogen) atoms. The Hall–Kier alpha value is -1.11. The van der Waals surface area contributed by atoms with Crippen molar-refractivity contribution in [2.45, 2.75) is 46.0 Å². The van der Waals surface area contributed by atoms with Crippen molar-refractivity contribution in [1.82, 2.24) is 0 Å². The van der Waals surface area contributed by atoms with Gasteiger partial charge in [0.1, 0.15) is 0 Å². The third-order valence-electron chi connectivity index (χ3n) is 3.58. The second kappa shape index (κ2) is 3.19. The van der Waals surface area contributed by atoms with Crippen LogP contribution in [0.25, 0.3) is 0 Å². The zero-order valence-corrected chi connectivity index (χ0v) is 9.98. The number of carbonyl (C=O) groups excluding carboxylic acids is 1. The number of carbonyl (C=O) groups is 1. The highest BCUT2D eigenvalue weighted by Crippen LogP contribution is 2.39. The van der Waals surface area contributed by atoms with E-state index in [1.165, 1.54) is 17.5 Å². The number of ketones is 1. The lowest BCUT2D eigenvalue weighted by molar-refractivity contribution is 0.101. The SMILES string of the molecule is CC(=O)c1cc2c(cc1C)C(C)(C)CC2. The van der Waals surface area contributed by atoms with E-state index in [1.807, 2.05) is 6.92 Å².